The third-order valence-electron chi connectivity index (χ3n) is 1.96. The molecule has 0 unspecified atom stereocenters. The lowest BCUT2D eigenvalue weighted by Gasteiger charge is -2.02. The molecule has 0 atom stereocenters. The summed E-state index contributed by atoms with van der Waals surface area (Å²) in [6.45, 7) is 1.37. The van der Waals surface area contributed by atoms with Crippen LogP contribution in [0.1, 0.15) is 25.5 Å². The van der Waals surface area contributed by atoms with Gasteiger partial charge < -0.3 is 4.79 Å². The van der Waals surface area contributed by atoms with E-state index < -0.39 is 6.67 Å². The lowest BCUT2D eigenvalue weighted by molar-refractivity contribution is -0.117. The van der Waals surface area contributed by atoms with Crippen molar-refractivity contribution in [1.82, 2.24) is 15.0 Å². The molecule has 1 aromatic rings. The number of nitrogens with zero attached hydrogens (tertiary/aromatic N) is 3. The number of halogens is 1. The molecule has 0 aliphatic rings. The molecule has 0 amide bonds. The molecule has 0 radical (unpaired) electrons. The summed E-state index contributed by atoms with van der Waals surface area (Å²) >= 11 is 0. The molecule has 78 valence electrons. The van der Waals surface area contributed by atoms with E-state index in [-0.39, 0.29) is 12.3 Å². The van der Waals surface area contributed by atoms with Gasteiger partial charge in [0.2, 0.25) is 0 Å². The minimum absolute atomic E-state index is 0.175. The van der Waals surface area contributed by atoms with Crippen LogP contribution in [0.25, 0.3) is 0 Å². The van der Waals surface area contributed by atoms with E-state index in [1.807, 2.05) is 0 Å². The van der Waals surface area contributed by atoms with Crippen LogP contribution in [0.3, 0.4) is 0 Å². The Kier molecular flexibility index (Phi) is 4.22. The predicted molar refractivity (Wildman–Crippen MR) is 49.6 cm³/mol. The molecule has 0 fully saturated rings. The average molecular weight is 199 g/mol. The normalized spacial score (nSPS) is 10.4. The highest BCUT2D eigenvalue weighted by atomic mass is 19.1. The second-order valence-electron chi connectivity index (χ2n) is 3.19. The number of ketones is 1. The zero-order chi connectivity index (χ0) is 10.4. The first-order valence-electron chi connectivity index (χ1n) is 4.67. The van der Waals surface area contributed by atoms with Crippen molar-refractivity contribution in [3.8, 4) is 0 Å². The highest BCUT2D eigenvalue weighted by molar-refractivity contribution is 5.75. The molecule has 0 bridgehead atoms. The van der Waals surface area contributed by atoms with Gasteiger partial charge in [0.25, 0.3) is 0 Å². The third kappa shape index (κ3) is 3.24. The number of carbonyl (C=O) groups excluding carboxylic acids is 1. The Morgan fingerprint density at radius 2 is 2.43 bits per heavy atom. The Morgan fingerprint density at radius 3 is 3.07 bits per heavy atom. The van der Waals surface area contributed by atoms with Crippen molar-refractivity contribution in [3.05, 3.63) is 11.9 Å². The summed E-state index contributed by atoms with van der Waals surface area (Å²) in [5.74, 6) is 0.175. The molecular weight excluding hydrogens is 185 g/mol. The number of rotatable bonds is 6. The second kappa shape index (κ2) is 5.47. The summed E-state index contributed by atoms with van der Waals surface area (Å²) in [6, 6.07) is 0. The van der Waals surface area contributed by atoms with E-state index in [0.717, 1.165) is 18.5 Å². The van der Waals surface area contributed by atoms with Gasteiger partial charge in [0.1, 0.15) is 12.5 Å². The molecule has 0 saturated heterocycles. The molecule has 1 heterocycles. The summed E-state index contributed by atoms with van der Waals surface area (Å²) in [4.78, 5) is 10.7. The number of alkyl halides is 1. The molecule has 5 heteroatoms. The lowest BCUT2D eigenvalue weighted by atomic mass is 10.1. The topological polar surface area (TPSA) is 47.8 Å². The van der Waals surface area contributed by atoms with E-state index in [0.29, 0.717) is 6.42 Å². The molecule has 0 saturated carbocycles. The fraction of sp³-hybridized carbons (Fsp3) is 0.667. The van der Waals surface area contributed by atoms with Gasteiger partial charge in [-0.25, -0.2) is 9.07 Å². The monoisotopic (exact) mass is 199 g/mol. The van der Waals surface area contributed by atoms with E-state index in [2.05, 4.69) is 10.3 Å². The Balaban J connectivity index is 2.41. The molecule has 14 heavy (non-hydrogen) atoms. The van der Waals surface area contributed by atoms with Gasteiger partial charge >= 0.3 is 0 Å². The van der Waals surface area contributed by atoms with Crippen molar-refractivity contribution in [3.63, 3.8) is 0 Å². The van der Waals surface area contributed by atoms with Crippen molar-refractivity contribution in [1.29, 1.82) is 0 Å². The van der Waals surface area contributed by atoms with Crippen LogP contribution < -0.4 is 0 Å². The third-order valence-corrected chi connectivity index (χ3v) is 1.96. The van der Waals surface area contributed by atoms with Crippen LogP contribution in [0.15, 0.2) is 6.20 Å². The van der Waals surface area contributed by atoms with Gasteiger partial charge in [-0.2, -0.15) is 0 Å². The predicted octanol–water partition coefficient (Wildman–Crippen LogP) is 1.16. The van der Waals surface area contributed by atoms with Crippen LogP contribution in [-0.2, 0) is 17.8 Å². The maximum atomic E-state index is 12.0. The number of aryl methyl sites for hydroxylation is 2. The van der Waals surface area contributed by atoms with Crippen LogP contribution in [0.4, 0.5) is 4.39 Å². The van der Waals surface area contributed by atoms with Gasteiger partial charge in [0, 0.05) is 6.42 Å². The molecule has 0 spiro atoms. The van der Waals surface area contributed by atoms with Crippen molar-refractivity contribution < 1.29 is 9.18 Å². The first-order valence-corrected chi connectivity index (χ1v) is 4.67. The van der Waals surface area contributed by atoms with Crippen LogP contribution >= 0.6 is 0 Å². The molecule has 4 nitrogen and oxygen atoms in total. The van der Waals surface area contributed by atoms with Gasteiger partial charge in [0.05, 0.1) is 18.4 Å². The van der Waals surface area contributed by atoms with Gasteiger partial charge in [0.15, 0.2) is 0 Å². The minimum Gasteiger partial charge on any atom is -0.300 e. The summed E-state index contributed by atoms with van der Waals surface area (Å²) in [6.07, 6.45) is 3.68. The standard InChI is InChI=1S/C9H14FN3O/c1-8(14)3-2-4-9-7-11-12-13(9)6-5-10/h7H,2-6H2,1H3. The van der Waals surface area contributed by atoms with Gasteiger partial charge in [-0.15, -0.1) is 5.10 Å². The van der Waals surface area contributed by atoms with Gasteiger partial charge in [-0.05, 0) is 19.8 Å². The molecule has 1 aromatic heterocycles. The van der Waals surface area contributed by atoms with Crippen LogP contribution in [-0.4, -0.2) is 27.5 Å². The van der Waals surface area contributed by atoms with E-state index in [4.69, 9.17) is 0 Å². The summed E-state index contributed by atoms with van der Waals surface area (Å²) in [5, 5.41) is 7.45. The van der Waals surface area contributed by atoms with E-state index in [9.17, 15) is 9.18 Å². The van der Waals surface area contributed by atoms with Crippen LogP contribution in [0, 0.1) is 0 Å². The van der Waals surface area contributed by atoms with Gasteiger partial charge in [-0.1, -0.05) is 5.21 Å². The quantitative estimate of drug-likeness (QED) is 0.690. The molecule has 0 N–H and O–H groups in total. The number of hydrogen-bond donors (Lipinski definition) is 0. The van der Waals surface area contributed by atoms with Crippen molar-refractivity contribution in [2.75, 3.05) is 6.67 Å². The van der Waals surface area contributed by atoms with Crippen molar-refractivity contribution in [2.24, 2.45) is 0 Å². The van der Waals surface area contributed by atoms with Crippen molar-refractivity contribution in [2.45, 2.75) is 32.7 Å². The largest absolute Gasteiger partial charge is 0.300 e. The molecule has 0 aliphatic heterocycles. The highest BCUT2D eigenvalue weighted by Crippen LogP contribution is 2.03. The van der Waals surface area contributed by atoms with Crippen LogP contribution in [0.2, 0.25) is 0 Å². The average Bonchev–Trinajstić information content (AvgIpc) is 2.53. The first-order chi connectivity index (χ1) is 6.74. The summed E-state index contributed by atoms with van der Waals surface area (Å²) in [7, 11) is 0. The first kappa shape index (κ1) is 10.8. The zero-order valence-corrected chi connectivity index (χ0v) is 8.24. The number of aromatic nitrogens is 3. The SMILES string of the molecule is CC(=O)CCCc1cnnn1CCF. The Hall–Kier alpha value is -1.26. The Bertz CT molecular complexity index is 298. The van der Waals surface area contributed by atoms with Crippen molar-refractivity contribution >= 4 is 5.78 Å². The molecular formula is C9H14FN3O. The van der Waals surface area contributed by atoms with E-state index in [1.54, 1.807) is 17.8 Å². The molecule has 0 aliphatic carbocycles. The minimum atomic E-state index is -0.441. The fourth-order valence-electron chi connectivity index (χ4n) is 1.26. The Labute approximate surface area is 82.1 Å². The van der Waals surface area contributed by atoms with E-state index >= 15 is 0 Å². The maximum absolute atomic E-state index is 12.0. The molecule has 0 aromatic carbocycles. The van der Waals surface area contributed by atoms with Crippen LogP contribution in [0.5, 0.6) is 0 Å². The lowest BCUT2D eigenvalue weighted by Crippen LogP contribution is -2.07. The van der Waals surface area contributed by atoms with E-state index in [1.165, 1.54) is 0 Å². The number of hydrogen-bond acceptors (Lipinski definition) is 3. The summed E-state index contributed by atoms with van der Waals surface area (Å²) < 4.78 is 13.6. The Morgan fingerprint density at radius 1 is 1.64 bits per heavy atom. The fourth-order valence-corrected chi connectivity index (χ4v) is 1.26. The number of Topliss-reactive ketones (excluding diaryl/α,β-unsaturated/α-hetero) is 1. The second-order valence-corrected chi connectivity index (χ2v) is 3.19. The number of carbonyl (C=O) groups is 1. The van der Waals surface area contributed by atoms with Gasteiger partial charge in [-0.3, -0.25) is 0 Å². The maximum Gasteiger partial charge on any atom is 0.129 e. The smallest absolute Gasteiger partial charge is 0.129 e. The zero-order valence-electron chi connectivity index (χ0n) is 8.24. The summed E-state index contributed by atoms with van der Waals surface area (Å²) in [5.41, 5.74) is 0.893. The highest BCUT2D eigenvalue weighted by Gasteiger charge is 2.03. The molecule has 1 rings (SSSR count).